The van der Waals surface area contributed by atoms with Gasteiger partial charge in [-0.25, -0.2) is 13.2 Å². The van der Waals surface area contributed by atoms with Crippen molar-refractivity contribution in [2.24, 2.45) is 5.92 Å². The van der Waals surface area contributed by atoms with E-state index < -0.39 is 28.0 Å². The van der Waals surface area contributed by atoms with E-state index in [0.717, 1.165) is 15.4 Å². The van der Waals surface area contributed by atoms with Gasteiger partial charge < -0.3 is 9.47 Å². The van der Waals surface area contributed by atoms with Crippen LogP contribution >= 0.6 is 0 Å². The van der Waals surface area contributed by atoms with Crippen molar-refractivity contribution in [3.8, 4) is 0 Å². The fourth-order valence-electron chi connectivity index (χ4n) is 4.62. The average molecular weight is 484 g/mol. The van der Waals surface area contributed by atoms with Gasteiger partial charge in [0, 0.05) is 24.5 Å². The first-order valence-corrected chi connectivity index (χ1v) is 12.2. The van der Waals surface area contributed by atoms with E-state index in [4.69, 9.17) is 9.47 Å². The van der Waals surface area contributed by atoms with Crippen molar-refractivity contribution in [3.63, 3.8) is 0 Å². The maximum absolute atomic E-state index is 13.5. The zero-order valence-corrected chi connectivity index (χ0v) is 19.9. The first-order valence-electron chi connectivity index (χ1n) is 10.8. The molecule has 1 saturated heterocycles. The van der Waals surface area contributed by atoms with E-state index in [9.17, 15) is 22.8 Å². The van der Waals surface area contributed by atoms with Gasteiger partial charge in [0.1, 0.15) is 6.04 Å². The van der Waals surface area contributed by atoms with Gasteiger partial charge in [-0.1, -0.05) is 35.4 Å². The van der Waals surface area contributed by atoms with Gasteiger partial charge in [-0.05, 0) is 43.2 Å². The minimum Gasteiger partial charge on any atom is -0.468 e. The van der Waals surface area contributed by atoms with Crippen molar-refractivity contribution in [1.82, 2.24) is 4.31 Å². The Kier molecular flexibility index (Phi) is 6.42. The average Bonchev–Trinajstić information content (AvgIpc) is 3.17. The minimum atomic E-state index is -3.99. The zero-order chi connectivity index (χ0) is 24.6. The van der Waals surface area contributed by atoms with Crippen LogP contribution in [0.5, 0.6) is 0 Å². The summed E-state index contributed by atoms with van der Waals surface area (Å²) in [5.41, 5.74) is 3.10. The van der Waals surface area contributed by atoms with E-state index in [-0.39, 0.29) is 36.0 Å². The smallest absolute Gasteiger partial charge is 0.337 e. The molecule has 2 aromatic rings. The zero-order valence-electron chi connectivity index (χ0n) is 19.1. The first-order chi connectivity index (χ1) is 16.2. The summed E-state index contributed by atoms with van der Waals surface area (Å²) in [6, 6.07) is 11.8. The molecule has 0 aromatic heterocycles. The number of sulfonamides is 1. The highest BCUT2D eigenvalue weighted by Gasteiger charge is 2.47. The molecule has 178 valence electrons. The highest BCUT2D eigenvalue weighted by Crippen LogP contribution is 2.44. The summed E-state index contributed by atoms with van der Waals surface area (Å²) in [5.74, 6) is -1.63. The molecular formula is C25H25NO7S. The molecule has 1 aliphatic carbocycles. The summed E-state index contributed by atoms with van der Waals surface area (Å²) in [6.07, 6.45) is 0.208. The Morgan fingerprint density at radius 2 is 1.59 bits per heavy atom. The molecule has 1 heterocycles. The molecule has 1 fully saturated rings. The summed E-state index contributed by atoms with van der Waals surface area (Å²) in [6.45, 7) is 1.86. The molecule has 0 saturated carbocycles. The molecule has 0 amide bonds. The molecule has 0 unspecified atom stereocenters. The lowest BCUT2D eigenvalue weighted by Crippen LogP contribution is -2.51. The van der Waals surface area contributed by atoms with Gasteiger partial charge in [0.05, 0.1) is 24.7 Å². The number of Topliss-reactive ketones (excluding diaryl/α,β-unsaturated/α-hetero) is 1. The van der Waals surface area contributed by atoms with Gasteiger partial charge in [0.25, 0.3) is 0 Å². The highest BCUT2D eigenvalue weighted by atomic mass is 32.2. The van der Waals surface area contributed by atoms with E-state index in [1.165, 1.54) is 26.4 Å². The molecule has 0 N–H and O–H groups in total. The monoisotopic (exact) mass is 483 g/mol. The molecule has 0 bridgehead atoms. The second-order valence-electron chi connectivity index (χ2n) is 8.42. The molecular weight excluding hydrogens is 458 g/mol. The summed E-state index contributed by atoms with van der Waals surface area (Å²) < 4.78 is 37.7. The van der Waals surface area contributed by atoms with Crippen LogP contribution < -0.4 is 0 Å². The number of hydrogen-bond donors (Lipinski definition) is 0. The fraction of sp³-hybridized carbons (Fsp3) is 0.320. The van der Waals surface area contributed by atoms with Crippen LogP contribution in [0.1, 0.15) is 34.3 Å². The largest absolute Gasteiger partial charge is 0.468 e. The van der Waals surface area contributed by atoms with Crippen molar-refractivity contribution in [2.45, 2.75) is 30.7 Å². The third-order valence-corrected chi connectivity index (χ3v) is 8.27. The van der Waals surface area contributed by atoms with Crippen LogP contribution in [-0.4, -0.2) is 57.3 Å². The van der Waals surface area contributed by atoms with Crippen LogP contribution in [-0.2, 0) is 29.1 Å². The van der Waals surface area contributed by atoms with E-state index >= 15 is 0 Å². The van der Waals surface area contributed by atoms with Crippen LogP contribution in [0.25, 0.3) is 5.57 Å². The minimum absolute atomic E-state index is 0.000788. The topological polar surface area (TPSA) is 107 Å². The molecule has 0 spiro atoms. The molecule has 0 radical (unpaired) electrons. The van der Waals surface area contributed by atoms with Gasteiger partial charge in [-0.15, -0.1) is 0 Å². The lowest BCUT2D eigenvalue weighted by Gasteiger charge is -2.37. The van der Waals surface area contributed by atoms with Gasteiger partial charge >= 0.3 is 11.9 Å². The van der Waals surface area contributed by atoms with Gasteiger partial charge in [-0.2, -0.15) is 4.31 Å². The third kappa shape index (κ3) is 4.17. The number of carbonyl (C=O) groups is 3. The number of hydrogen-bond acceptors (Lipinski definition) is 7. The van der Waals surface area contributed by atoms with E-state index in [1.807, 2.05) is 6.92 Å². The summed E-state index contributed by atoms with van der Waals surface area (Å²) in [5, 5.41) is 0. The number of aryl methyl sites for hydroxylation is 1. The molecule has 2 aliphatic rings. The molecule has 2 atom stereocenters. The van der Waals surface area contributed by atoms with Crippen molar-refractivity contribution >= 4 is 33.3 Å². The number of ketones is 1. The van der Waals surface area contributed by atoms with Crippen LogP contribution in [0.15, 0.2) is 59.0 Å². The fourth-order valence-corrected chi connectivity index (χ4v) is 6.24. The van der Waals surface area contributed by atoms with Crippen molar-refractivity contribution in [1.29, 1.82) is 0 Å². The molecule has 4 rings (SSSR count). The van der Waals surface area contributed by atoms with Gasteiger partial charge in [0.15, 0.2) is 5.78 Å². The Morgan fingerprint density at radius 3 is 2.18 bits per heavy atom. The lowest BCUT2D eigenvalue weighted by atomic mass is 9.88. The van der Waals surface area contributed by atoms with E-state index in [2.05, 4.69) is 0 Å². The predicted octanol–water partition coefficient (Wildman–Crippen LogP) is 2.76. The summed E-state index contributed by atoms with van der Waals surface area (Å²) in [7, 11) is -1.49. The standard InChI is InChI=1S/C25H25NO7S/c1-15-4-10-19(11-5-15)34(30,31)26-14-18-12-22(27)23(20(18)13-21(26)25(29)33-3)16-6-8-17(9-7-16)24(28)32-2/h4-11,18,21H,12-14H2,1-3H3/t18-,21+/m1/s1. The predicted molar refractivity (Wildman–Crippen MR) is 123 cm³/mol. The Bertz CT molecular complexity index is 1280. The second-order valence-corrected chi connectivity index (χ2v) is 10.3. The SMILES string of the molecule is COC(=O)c1ccc(C2=C3C[C@@H](C(=O)OC)N(S(=O)(=O)c4ccc(C)cc4)C[C@H]3CC2=O)cc1. The molecule has 9 heteroatoms. The van der Waals surface area contributed by atoms with Gasteiger partial charge in [-0.3, -0.25) is 9.59 Å². The van der Waals surface area contributed by atoms with Crippen molar-refractivity contribution in [3.05, 3.63) is 70.8 Å². The summed E-state index contributed by atoms with van der Waals surface area (Å²) >= 11 is 0. The number of benzene rings is 2. The Balaban J connectivity index is 1.73. The molecule has 8 nitrogen and oxygen atoms in total. The highest BCUT2D eigenvalue weighted by molar-refractivity contribution is 7.89. The van der Waals surface area contributed by atoms with Crippen LogP contribution in [0, 0.1) is 12.8 Å². The van der Waals surface area contributed by atoms with Crippen LogP contribution in [0.4, 0.5) is 0 Å². The molecule has 2 aromatic carbocycles. The molecule has 34 heavy (non-hydrogen) atoms. The van der Waals surface area contributed by atoms with E-state index in [0.29, 0.717) is 16.7 Å². The Labute approximate surface area is 198 Å². The first kappa shape index (κ1) is 23.8. The Morgan fingerprint density at radius 1 is 0.941 bits per heavy atom. The van der Waals surface area contributed by atoms with Gasteiger partial charge in [0.2, 0.25) is 10.0 Å². The number of nitrogens with zero attached hydrogens (tertiary/aromatic N) is 1. The number of methoxy groups -OCH3 is 2. The number of allylic oxidation sites excluding steroid dienone is 1. The summed E-state index contributed by atoms with van der Waals surface area (Å²) in [4.78, 5) is 37.5. The number of fused-ring (bicyclic) bond motifs is 1. The van der Waals surface area contributed by atoms with Crippen molar-refractivity contribution in [2.75, 3.05) is 20.8 Å². The van der Waals surface area contributed by atoms with Crippen LogP contribution in [0.2, 0.25) is 0 Å². The quantitative estimate of drug-likeness (QED) is 0.602. The maximum atomic E-state index is 13.5. The van der Waals surface area contributed by atoms with Crippen LogP contribution in [0.3, 0.4) is 0 Å². The number of rotatable bonds is 5. The number of ether oxygens (including phenoxy) is 2. The second kappa shape index (κ2) is 9.15. The normalized spacial score (nSPS) is 20.7. The number of carbonyl (C=O) groups excluding carboxylic acids is 3. The molecule has 1 aliphatic heterocycles. The number of piperidine rings is 1. The Hall–Kier alpha value is -3.30. The van der Waals surface area contributed by atoms with Crippen molar-refractivity contribution < 1.29 is 32.3 Å². The van der Waals surface area contributed by atoms with E-state index in [1.54, 1.807) is 36.4 Å². The number of esters is 2. The maximum Gasteiger partial charge on any atom is 0.337 e. The third-order valence-electron chi connectivity index (χ3n) is 6.38. The lowest BCUT2D eigenvalue weighted by molar-refractivity contribution is -0.145.